The van der Waals surface area contributed by atoms with Gasteiger partial charge in [-0.25, -0.2) is 4.79 Å². The largest absolute Gasteiger partial charge is 0.490 e. The van der Waals surface area contributed by atoms with Gasteiger partial charge in [-0.2, -0.15) is 4.98 Å². The van der Waals surface area contributed by atoms with Crippen molar-refractivity contribution in [1.29, 1.82) is 0 Å². The molecule has 0 amide bonds. The molecule has 5 aromatic carbocycles. The Morgan fingerprint density at radius 1 is 0.765 bits per heavy atom. The van der Waals surface area contributed by atoms with Crippen LogP contribution in [0.15, 0.2) is 83.8 Å². The molecule has 11 nitrogen and oxygen atoms in total. The Kier molecular flexibility index (Phi) is 10.2. The summed E-state index contributed by atoms with van der Waals surface area (Å²) in [5, 5.41) is 25.2. The molecule has 264 valence electrons. The summed E-state index contributed by atoms with van der Waals surface area (Å²) < 4.78 is 14.1. The molecule has 0 atom stereocenters. The summed E-state index contributed by atoms with van der Waals surface area (Å²) in [6.45, 7) is 10.8. The van der Waals surface area contributed by atoms with Crippen LogP contribution < -0.4 is 41.7 Å². The Morgan fingerprint density at radius 2 is 1.49 bits per heavy atom. The third-order valence-electron chi connectivity index (χ3n) is 9.94. The van der Waals surface area contributed by atoms with Crippen molar-refractivity contribution in [3.05, 3.63) is 95.0 Å². The minimum atomic E-state index is -0.308. The molecule has 1 aromatic heterocycles. The van der Waals surface area contributed by atoms with Crippen LogP contribution in [-0.4, -0.2) is 93.1 Å². The van der Waals surface area contributed by atoms with E-state index in [1.807, 2.05) is 18.2 Å². The number of benzene rings is 5. The highest BCUT2D eigenvalue weighted by molar-refractivity contribution is 6.23. The number of nitrogens with one attached hydrogen (secondary N) is 5. The van der Waals surface area contributed by atoms with Crippen LogP contribution >= 0.6 is 0 Å². The number of hydrogen-bond acceptors (Lipinski definition) is 10. The average molecular weight is 687 g/mol. The van der Waals surface area contributed by atoms with E-state index >= 15 is 0 Å². The number of rotatable bonds is 10. The number of ether oxygens (including phenoxy) is 2. The van der Waals surface area contributed by atoms with E-state index in [1.54, 1.807) is 10.8 Å². The highest BCUT2D eigenvalue weighted by atomic mass is 16.5. The highest BCUT2D eigenvalue weighted by Crippen LogP contribution is 2.45. The first-order valence-electron chi connectivity index (χ1n) is 18.2. The van der Waals surface area contributed by atoms with Crippen LogP contribution in [0.4, 0.5) is 11.5 Å². The molecule has 2 aliphatic heterocycles. The van der Waals surface area contributed by atoms with E-state index in [4.69, 9.17) is 9.47 Å². The number of fused-ring (bicyclic) bond motifs is 2. The van der Waals surface area contributed by atoms with E-state index in [0.717, 1.165) is 71.9 Å². The summed E-state index contributed by atoms with van der Waals surface area (Å²) in [5.41, 5.74) is 1.72. The van der Waals surface area contributed by atoms with Crippen molar-refractivity contribution >= 4 is 43.8 Å². The van der Waals surface area contributed by atoms with Crippen LogP contribution in [0.5, 0.6) is 17.2 Å². The first-order chi connectivity index (χ1) is 25.2. The molecule has 51 heavy (non-hydrogen) atoms. The van der Waals surface area contributed by atoms with Gasteiger partial charge >= 0.3 is 5.69 Å². The number of anilines is 2. The average Bonchev–Trinajstić information content (AvgIpc) is 3.14. The third kappa shape index (κ3) is 7.49. The topological polar surface area (TPSA) is 117 Å². The van der Waals surface area contributed by atoms with Crippen LogP contribution in [0, 0.1) is 0 Å². The summed E-state index contributed by atoms with van der Waals surface area (Å²) in [6, 6.07) is 25.7. The van der Waals surface area contributed by atoms with Crippen LogP contribution in [0.3, 0.4) is 0 Å². The first-order valence-corrected chi connectivity index (χ1v) is 18.2. The zero-order chi connectivity index (χ0) is 34.4. The van der Waals surface area contributed by atoms with Gasteiger partial charge in [0.15, 0.2) is 17.3 Å². The van der Waals surface area contributed by atoms with Crippen LogP contribution in [-0.2, 0) is 13.0 Å². The van der Waals surface area contributed by atoms with Gasteiger partial charge in [-0.05, 0) is 63.0 Å². The number of hydrogen-bond donors (Lipinski definition) is 5. The summed E-state index contributed by atoms with van der Waals surface area (Å²) >= 11 is 0. The molecular formula is C40H46N8O3. The Bertz CT molecular complexity index is 2160. The summed E-state index contributed by atoms with van der Waals surface area (Å²) in [6.07, 6.45) is 2.68. The molecule has 0 bridgehead atoms. The quantitative estimate of drug-likeness (QED) is 0.106. The molecule has 0 unspecified atom stereocenters. The van der Waals surface area contributed by atoms with Crippen LogP contribution in [0.25, 0.3) is 32.3 Å². The van der Waals surface area contributed by atoms with Gasteiger partial charge in [0.05, 0.1) is 6.20 Å². The smallest absolute Gasteiger partial charge is 0.349 e. The second-order valence-corrected chi connectivity index (χ2v) is 13.3. The van der Waals surface area contributed by atoms with Crippen LogP contribution in [0.2, 0.25) is 0 Å². The molecule has 0 aliphatic carbocycles. The minimum Gasteiger partial charge on any atom is -0.490 e. The van der Waals surface area contributed by atoms with Crippen molar-refractivity contribution in [2.75, 3.05) is 83.9 Å². The minimum absolute atomic E-state index is 0.308. The number of aromatic nitrogens is 2. The van der Waals surface area contributed by atoms with E-state index in [9.17, 15) is 4.79 Å². The fourth-order valence-electron chi connectivity index (χ4n) is 7.29. The predicted octanol–water partition coefficient (Wildman–Crippen LogP) is 4.29. The number of para-hydroxylation sites is 1. The molecule has 0 saturated carbocycles. The van der Waals surface area contributed by atoms with Crippen molar-refractivity contribution < 1.29 is 9.47 Å². The van der Waals surface area contributed by atoms with E-state index in [2.05, 4.69) is 91.1 Å². The molecule has 0 spiro atoms. The predicted molar refractivity (Wildman–Crippen MR) is 206 cm³/mol. The Labute approximate surface area is 297 Å². The maximum Gasteiger partial charge on any atom is 0.349 e. The van der Waals surface area contributed by atoms with Gasteiger partial charge < -0.3 is 36.1 Å². The normalized spacial score (nSPS) is 15.8. The van der Waals surface area contributed by atoms with Gasteiger partial charge in [-0.3, -0.25) is 9.47 Å². The monoisotopic (exact) mass is 686 g/mol. The molecule has 5 N–H and O–H groups in total. The number of nitrogens with zero attached hydrogens (tertiary/aromatic N) is 3. The van der Waals surface area contributed by atoms with Gasteiger partial charge in [0, 0.05) is 72.0 Å². The highest BCUT2D eigenvalue weighted by Gasteiger charge is 2.23. The maximum atomic E-state index is 13.1. The van der Waals surface area contributed by atoms with E-state index in [0.29, 0.717) is 48.5 Å². The summed E-state index contributed by atoms with van der Waals surface area (Å²) in [7, 11) is 0. The Hall–Kier alpha value is -4.78. The lowest BCUT2D eigenvalue weighted by atomic mass is 9.90. The van der Waals surface area contributed by atoms with Crippen LogP contribution in [0.1, 0.15) is 5.56 Å². The molecule has 8 rings (SSSR count). The zero-order valence-electron chi connectivity index (χ0n) is 29.0. The molecular weight excluding hydrogens is 640 g/mol. The van der Waals surface area contributed by atoms with Crippen molar-refractivity contribution in [3.8, 4) is 17.2 Å². The molecule has 0 radical (unpaired) electrons. The van der Waals surface area contributed by atoms with Crippen molar-refractivity contribution in [3.63, 3.8) is 0 Å². The lowest BCUT2D eigenvalue weighted by Crippen LogP contribution is -2.43. The molecule has 3 heterocycles. The molecule has 2 aliphatic rings. The van der Waals surface area contributed by atoms with E-state index < -0.39 is 0 Å². The second kappa shape index (κ2) is 15.6. The van der Waals surface area contributed by atoms with Crippen molar-refractivity contribution in [1.82, 2.24) is 35.7 Å². The lowest BCUT2D eigenvalue weighted by Gasteiger charge is -2.25. The summed E-state index contributed by atoms with van der Waals surface area (Å²) in [5.74, 6) is 2.23. The van der Waals surface area contributed by atoms with Gasteiger partial charge in [-0.15, -0.1) is 0 Å². The van der Waals surface area contributed by atoms with Gasteiger partial charge in [0.1, 0.15) is 18.0 Å². The Balaban J connectivity index is 0.856. The molecule has 1 saturated heterocycles. The third-order valence-corrected chi connectivity index (χ3v) is 9.94. The molecule has 1 fully saturated rings. The standard InChI is InChI=1S/C40H46N8O3/c49-40-46-39-35(27-48(40)24-23-47-21-18-43-16-14-42-15-17-44-19-22-47)51-34-9-3-8-33(38(34)45-39)50-25-20-41-13-12-30-26-31-6-1-4-28-10-11-29-5-2-7-32(30)37(29)36(28)31/h1-11,26-27,41-44H,12-25H2,(H,45,46,49). The molecule has 11 heteroatoms. The Morgan fingerprint density at radius 3 is 2.31 bits per heavy atom. The van der Waals surface area contributed by atoms with Gasteiger partial charge in [0.2, 0.25) is 0 Å². The SMILES string of the molecule is O=c1nc2c(cn1CCN1CCNCCNCCNCC1)Oc1cccc(OCCNCCc3cc4cccc5ccc6cccc3c6c54)c1N2. The van der Waals surface area contributed by atoms with Crippen molar-refractivity contribution in [2.24, 2.45) is 0 Å². The fraction of sp³-hybridized carbons (Fsp3) is 0.350. The fourth-order valence-corrected chi connectivity index (χ4v) is 7.29. The lowest BCUT2D eigenvalue weighted by molar-refractivity contribution is 0.258. The van der Waals surface area contributed by atoms with Crippen molar-refractivity contribution in [2.45, 2.75) is 13.0 Å². The second-order valence-electron chi connectivity index (χ2n) is 13.3. The zero-order valence-corrected chi connectivity index (χ0v) is 29.0. The van der Waals surface area contributed by atoms with Gasteiger partial charge in [-0.1, -0.05) is 60.7 Å². The molecule has 6 aromatic rings. The first kappa shape index (κ1) is 33.4. The maximum absolute atomic E-state index is 13.1. The summed E-state index contributed by atoms with van der Waals surface area (Å²) in [4.78, 5) is 19.8. The van der Waals surface area contributed by atoms with Gasteiger partial charge in [0.25, 0.3) is 0 Å². The van der Waals surface area contributed by atoms with E-state index in [-0.39, 0.29) is 5.69 Å². The van der Waals surface area contributed by atoms with E-state index in [1.165, 1.54) is 37.9 Å².